The summed E-state index contributed by atoms with van der Waals surface area (Å²) in [4.78, 5) is 0. The molecule has 19 heavy (non-hydrogen) atoms. The number of rotatable bonds is 6. The summed E-state index contributed by atoms with van der Waals surface area (Å²) in [5.74, 6) is 1.57. The molecule has 0 aromatic heterocycles. The summed E-state index contributed by atoms with van der Waals surface area (Å²) in [6.07, 6.45) is 3.45. The standard InChI is InChI=1S/C15H22ClNO2/c1-3-5-6-13(17-4-2)11-9-14-15(10-12(11)16)19-8-7-18-14/h9-10,13,17H,3-8H2,1-2H3. The normalized spacial score (nSPS) is 15.3. The predicted molar refractivity (Wildman–Crippen MR) is 78.4 cm³/mol. The third-order valence-electron chi connectivity index (χ3n) is 3.33. The first kappa shape index (κ1) is 14.5. The Morgan fingerprint density at radius 2 is 1.89 bits per heavy atom. The Morgan fingerprint density at radius 1 is 1.21 bits per heavy atom. The van der Waals surface area contributed by atoms with Crippen molar-refractivity contribution in [3.05, 3.63) is 22.7 Å². The van der Waals surface area contributed by atoms with Gasteiger partial charge < -0.3 is 14.8 Å². The Balaban J connectivity index is 2.25. The molecule has 1 aliphatic rings. The molecule has 0 radical (unpaired) electrons. The summed E-state index contributed by atoms with van der Waals surface area (Å²) < 4.78 is 11.2. The van der Waals surface area contributed by atoms with Crippen molar-refractivity contribution in [2.45, 2.75) is 39.2 Å². The molecule has 2 rings (SSSR count). The first-order chi connectivity index (χ1) is 9.26. The number of fused-ring (bicyclic) bond motifs is 1. The van der Waals surface area contributed by atoms with Crippen LogP contribution in [0.1, 0.15) is 44.7 Å². The van der Waals surface area contributed by atoms with E-state index < -0.39 is 0 Å². The molecule has 1 aromatic rings. The number of ether oxygens (including phenoxy) is 2. The average Bonchev–Trinajstić information content (AvgIpc) is 2.43. The zero-order valence-corrected chi connectivity index (χ0v) is 12.4. The van der Waals surface area contributed by atoms with Gasteiger partial charge in [-0.1, -0.05) is 38.3 Å². The van der Waals surface area contributed by atoms with Crippen LogP contribution in [-0.2, 0) is 0 Å². The fourth-order valence-corrected chi connectivity index (χ4v) is 2.65. The lowest BCUT2D eigenvalue weighted by molar-refractivity contribution is 0.171. The van der Waals surface area contributed by atoms with E-state index in [0.717, 1.165) is 35.1 Å². The van der Waals surface area contributed by atoms with Gasteiger partial charge in [0, 0.05) is 17.1 Å². The van der Waals surface area contributed by atoms with Gasteiger partial charge in [0.05, 0.1) is 0 Å². The SMILES string of the molecule is CCCCC(NCC)c1cc2c(cc1Cl)OCCO2. The van der Waals surface area contributed by atoms with Crippen LogP contribution in [0, 0.1) is 0 Å². The summed E-state index contributed by atoms with van der Waals surface area (Å²) in [6.45, 7) is 6.45. The molecule has 0 aliphatic carbocycles. The van der Waals surface area contributed by atoms with Crippen LogP contribution in [0.4, 0.5) is 0 Å². The Morgan fingerprint density at radius 3 is 2.53 bits per heavy atom. The van der Waals surface area contributed by atoms with E-state index >= 15 is 0 Å². The van der Waals surface area contributed by atoms with Crippen LogP contribution in [-0.4, -0.2) is 19.8 Å². The fourth-order valence-electron chi connectivity index (χ4n) is 2.37. The highest BCUT2D eigenvalue weighted by Gasteiger charge is 2.19. The molecule has 1 aliphatic heterocycles. The fraction of sp³-hybridized carbons (Fsp3) is 0.600. The summed E-state index contributed by atoms with van der Waals surface area (Å²) in [7, 11) is 0. The van der Waals surface area contributed by atoms with Crippen molar-refractivity contribution < 1.29 is 9.47 Å². The Hall–Kier alpha value is -0.930. The molecule has 0 amide bonds. The quantitative estimate of drug-likeness (QED) is 0.857. The highest BCUT2D eigenvalue weighted by atomic mass is 35.5. The molecule has 4 heteroatoms. The average molecular weight is 284 g/mol. The first-order valence-corrected chi connectivity index (χ1v) is 7.46. The van der Waals surface area contributed by atoms with Crippen molar-refractivity contribution in [2.24, 2.45) is 0 Å². The van der Waals surface area contributed by atoms with Crippen molar-refractivity contribution in [1.29, 1.82) is 0 Å². The minimum Gasteiger partial charge on any atom is -0.486 e. The third kappa shape index (κ3) is 3.54. The molecule has 106 valence electrons. The van der Waals surface area contributed by atoms with E-state index in [1.807, 2.05) is 12.1 Å². The number of halogens is 1. The van der Waals surface area contributed by atoms with Crippen molar-refractivity contribution in [2.75, 3.05) is 19.8 Å². The van der Waals surface area contributed by atoms with Gasteiger partial charge in [0.1, 0.15) is 13.2 Å². The van der Waals surface area contributed by atoms with Gasteiger partial charge in [-0.2, -0.15) is 0 Å². The summed E-state index contributed by atoms with van der Waals surface area (Å²) in [6, 6.07) is 4.19. The predicted octanol–water partition coefficient (Wildman–Crippen LogP) is 3.95. The molecular weight excluding hydrogens is 262 g/mol. The first-order valence-electron chi connectivity index (χ1n) is 7.08. The van der Waals surface area contributed by atoms with Crippen molar-refractivity contribution in [3.8, 4) is 11.5 Å². The van der Waals surface area contributed by atoms with E-state index in [4.69, 9.17) is 21.1 Å². The van der Waals surface area contributed by atoms with E-state index in [9.17, 15) is 0 Å². The molecule has 0 fully saturated rings. The van der Waals surface area contributed by atoms with Crippen LogP contribution in [0.15, 0.2) is 12.1 Å². The number of unbranched alkanes of at least 4 members (excludes halogenated alkanes) is 1. The summed E-state index contributed by atoms with van der Waals surface area (Å²) >= 11 is 6.40. The van der Waals surface area contributed by atoms with E-state index in [1.165, 1.54) is 12.8 Å². The third-order valence-corrected chi connectivity index (χ3v) is 3.66. The molecular formula is C15H22ClNO2. The highest BCUT2D eigenvalue weighted by Crippen LogP contribution is 2.38. The maximum absolute atomic E-state index is 6.40. The Bertz CT molecular complexity index is 423. The smallest absolute Gasteiger partial charge is 0.162 e. The Labute approximate surface area is 120 Å². The molecule has 1 N–H and O–H groups in total. The van der Waals surface area contributed by atoms with E-state index in [1.54, 1.807) is 0 Å². The monoisotopic (exact) mass is 283 g/mol. The lowest BCUT2D eigenvalue weighted by Crippen LogP contribution is -2.22. The number of benzene rings is 1. The van der Waals surface area contributed by atoms with E-state index in [2.05, 4.69) is 19.2 Å². The maximum atomic E-state index is 6.40. The lowest BCUT2D eigenvalue weighted by Gasteiger charge is -2.24. The minimum absolute atomic E-state index is 0.285. The van der Waals surface area contributed by atoms with Gasteiger partial charge in [-0.05, 0) is 24.6 Å². The van der Waals surface area contributed by atoms with Crippen LogP contribution >= 0.6 is 11.6 Å². The van der Waals surface area contributed by atoms with Crippen molar-refractivity contribution >= 4 is 11.6 Å². The van der Waals surface area contributed by atoms with Gasteiger partial charge in [-0.25, -0.2) is 0 Å². The largest absolute Gasteiger partial charge is 0.486 e. The van der Waals surface area contributed by atoms with E-state index in [0.29, 0.717) is 13.2 Å². The zero-order valence-electron chi connectivity index (χ0n) is 11.7. The second-order valence-electron chi connectivity index (χ2n) is 4.77. The second kappa shape index (κ2) is 7.01. The highest BCUT2D eigenvalue weighted by molar-refractivity contribution is 6.31. The number of hydrogen-bond acceptors (Lipinski definition) is 3. The van der Waals surface area contributed by atoms with Gasteiger partial charge in [-0.3, -0.25) is 0 Å². The molecule has 1 atom stereocenters. The van der Waals surface area contributed by atoms with Crippen LogP contribution in [0.25, 0.3) is 0 Å². The van der Waals surface area contributed by atoms with Crippen LogP contribution < -0.4 is 14.8 Å². The Kier molecular flexibility index (Phi) is 5.34. The number of hydrogen-bond donors (Lipinski definition) is 1. The summed E-state index contributed by atoms with van der Waals surface area (Å²) in [5, 5.41) is 4.26. The van der Waals surface area contributed by atoms with Gasteiger partial charge in [-0.15, -0.1) is 0 Å². The lowest BCUT2D eigenvalue weighted by atomic mass is 10.00. The molecule has 3 nitrogen and oxygen atoms in total. The van der Waals surface area contributed by atoms with Crippen LogP contribution in [0.3, 0.4) is 0 Å². The molecule has 0 saturated carbocycles. The van der Waals surface area contributed by atoms with Gasteiger partial charge in [0.2, 0.25) is 0 Å². The topological polar surface area (TPSA) is 30.5 Å². The molecule has 1 aromatic carbocycles. The summed E-state index contributed by atoms with van der Waals surface area (Å²) in [5.41, 5.74) is 1.11. The van der Waals surface area contributed by atoms with Gasteiger partial charge >= 0.3 is 0 Å². The van der Waals surface area contributed by atoms with Gasteiger partial charge in [0.15, 0.2) is 11.5 Å². The van der Waals surface area contributed by atoms with Crippen LogP contribution in [0.2, 0.25) is 5.02 Å². The zero-order chi connectivity index (χ0) is 13.7. The molecule has 1 unspecified atom stereocenters. The maximum Gasteiger partial charge on any atom is 0.162 e. The minimum atomic E-state index is 0.285. The molecule has 1 heterocycles. The van der Waals surface area contributed by atoms with E-state index in [-0.39, 0.29) is 6.04 Å². The van der Waals surface area contributed by atoms with Crippen LogP contribution in [0.5, 0.6) is 11.5 Å². The molecule has 0 bridgehead atoms. The van der Waals surface area contributed by atoms with Crippen molar-refractivity contribution in [3.63, 3.8) is 0 Å². The van der Waals surface area contributed by atoms with Gasteiger partial charge in [0.25, 0.3) is 0 Å². The molecule has 0 spiro atoms. The molecule has 0 saturated heterocycles. The van der Waals surface area contributed by atoms with Crippen molar-refractivity contribution in [1.82, 2.24) is 5.32 Å². The second-order valence-corrected chi connectivity index (χ2v) is 5.18. The number of nitrogens with one attached hydrogen (secondary N) is 1.